The van der Waals surface area contributed by atoms with Gasteiger partial charge in [0.2, 0.25) is 5.95 Å². The Labute approximate surface area is 90.8 Å². The van der Waals surface area contributed by atoms with Gasteiger partial charge in [0, 0.05) is 25.0 Å². The van der Waals surface area contributed by atoms with Crippen LogP contribution in [0.2, 0.25) is 0 Å². The molecule has 0 unspecified atom stereocenters. The lowest BCUT2D eigenvalue weighted by Crippen LogP contribution is -2.25. The average Bonchev–Trinajstić information content (AvgIpc) is 2.15. The van der Waals surface area contributed by atoms with Gasteiger partial charge in [-0.1, -0.05) is 13.8 Å². The molecular formula is C11H19N3O. The lowest BCUT2D eigenvalue weighted by molar-refractivity contribution is 0.220. The van der Waals surface area contributed by atoms with Gasteiger partial charge in [-0.15, -0.1) is 0 Å². The van der Waals surface area contributed by atoms with Gasteiger partial charge >= 0.3 is 0 Å². The van der Waals surface area contributed by atoms with Crippen LogP contribution in [0, 0.1) is 12.3 Å². The largest absolute Gasteiger partial charge is 0.396 e. The van der Waals surface area contributed by atoms with Crippen LogP contribution in [-0.4, -0.2) is 28.2 Å². The van der Waals surface area contributed by atoms with Gasteiger partial charge < -0.3 is 10.4 Å². The van der Waals surface area contributed by atoms with Crippen LogP contribution >= 0.6 is 0 Å². The third-order valence-electron chi connectivity index (χ3n) is 2.31. The minimum absolute atomic E-state index is 0.0574. The first-order valence-electron chi connectivity index (χ1n) is 5.18. The second-order valence-electron chi connectivity index (χ2n) is 4.51. The summed E-state index contributed by atoms with van der Waals surface area (Å²) in [4.78, 5) is 8.37. The SMILES string of the molecule is Cc1ccnc(NCC(C)(C)CCO)n1. The number of anilines is 1. The number of aliphatic hydroxyl groups is 1. The van der Waals surface area contributed by atoms with E-state index < -0.39 is 0 Å². The molecule has 0 aromatic carbocycles. The molecular weight excluding hydrogens is 190 g/mol. The zero-order valence-corrected chi connectivity index (χ0v) is 9.62. The van der Waals surface area contributed by atoms with Gasteiger partial charge in [-0.25, -0.2) is 9.97 Å². The number of nitrogens with one attached hydrogen (secondary N) is 1. The molecule has 1 heterocycles. The molecule has 15 heavy (non-hydrogen) atoms. The molecule has 0 amide bonds. The van der Waals surface area contributed by atoms with Gasteiger partial charge in [0.1, 0.15) is 0 Å². The third kappa shape index (κ3) is 4.25. The smallest absolute Gasteiger partial charge is 0.222 e. The summed E-state index contributed by atoms with van der Waals surface area (Å²) in [7, 11) is 0. The van der Waals surface area contributed by atoms with Crippen LogP contribution in [0.15, 0.2) is 12.3 Å². The van der Waals surface area contributed by atoms with Crippen molar-refractivity contribution >= 4 is 5.95 Å². The van der Waals surface area contributed by atoms with E-state index >= 15 is 0 Å². The second-order valence-corrected chi connectivity index (χ2v) is 4.51. The Balaban J connectivity index is 2.49. The molecule has 4 heteroatoms. The molecule has 4 nitrogen and oxygen atoms in total. The summed E-state index contributed by atoms with van der Waals surface area (Å²) in [5.74, 6) is 0.654. The lowest BCUT2D eigenvalue weighted by atomic mass is 9.90. The maximum atomic E-state index is 8.88. The Hall–Kier alpha value is -1.16. The third-order valence-corrected chi connectivity index (χ3v) is 2.31. The van der Waals surface area contributed by atoms with Crippen LogP contribution in [0.4, 0.5) is 5.95 Å². The van der Waals surface area contributed by atoms with Crippen LogP contribution < -0.4 is 5.32 Å². The minimum atomic E-state index is 0.0574. The summed E-state index contributed by atoms with van der Waals surface area (Å²) in [6.07, 6.45) is 2.51. The van der Waals surface area contributed by atoms with Gasteiger partial charge in [0.15, 0.2) is 0 Å². The number of rotatable bonds is 5. The number of aryl methyl sites for hydroxylation is 1. The highest BCUT2D eigenvalue weighted by Gasteiger charge is 2.16. The van der Waals surface area contributed by atoms with Crippen LogP contribution in [-0.2, 0) is 0 Å². The second kappa shape index (κ2) is 5.07. The molecule has 0 saturated carbocycles. The van der Waals surface area contributed by atoms with Crippen molar-refractivity contribution in [2.75, 3.05) is 18.5 Å². The van der Waals surface area contributed by atoms with E-state index in [-0.39, 0.29) is 12.0 Å². The van der Waals surface area contributed by atoms with E-state index in [1.165, 1.54) is 0 Å². The van der Waals surface area contributed by atoms with Crippen molar-refractivity contribution in [1.82, 2.24) is 9.97 Å². The number of hydrogen-bond donors (Lipinski definition) is 2. The van der Waals surface area contributed by atoms with Crippen LogP contribution in [0.5, 0.6) is 0 Å². The molecule has 1 aromatic rings. The van der Waals surface area contributed by atoms with Gasteiger partial charge in [0.25, 0.3) is 0 Å². The molecule has 0 radical (unpaired) electrons. The number of aliphatic hydroxyl groups excluding tert-OH is 1. The predicted molar refractivity (Wildman–Crippen MR) is 60.7 cm³/mol. The first kappa shape index (κ1) is 11.9. The fourth-order valence-corrected chi connectivity index (χ4v) is 1.24. The van der Waals surface area contributed by atoms with Crippen LogP contribution in [0.3, 0.4) is 0 Å². The van der Waals surface area contributed by atoms with Gasteiger partial charge in [0.05, 0.1) is 0 Å². The zero-order valence-electron chi connectivity index (χ0n) is 9.62. The van der Waals surface area contributed by atoms with Gasteiger partial charge in [-0.2, -0.15) is 0 Å². The van der Waals surface area contributed by atoms with Crippen LogP contribution in [0.25, 0.3) is 0 Å². The highest BCUT2D eigenvalue weighted by Crippen LogP contribution is 2.19. The molecule has 0 bridgehead atoms. The maximum absolute atomic E-state index is 8.88. The number of aromatic nitrogens is 2. The maximum Gasteiger partial charge on any atom is 0.222 e. The Morgan fingerprint density at radius 1 is 1.47 bits per heavy atom. The highest BCUT2D eigenvalue weighted by molar-refractivity contribution is 5.24. The fraction of sp³-hybridized carbons (Fsp3) is 0.636. The van der Waals surface area contributed by atoms with Crippen molar-refractivity contribution in [3.63, 3.8) is 0 Å². The van der Waals surface area contributed by atoms with Crippen molar-refractivity contribution < 1.29 is 5.11 Å². The zero-order chi connectivity index (χ0) is 11.3. The topological polar surface area (TPSA) is 58.0 Å². The Morgan fingerprint density at radius 3 is 2.80 bits per heavy atom. The van der Waals surface area contributed by atoms with Gasteiger partial charge in [-0.3, -0.25) is 0 Å². The molecule has 1 rings (SSSR count). The fourth-order valence-electron chi connectivity index (χ4n) is 1.24. The molecule has 84 valence electrons. The predicted octanol–water partition coefficient (Wildman–Crippen LogP) is 1.61. The van der Waals surface area contributed by atoms with Crippen molar-refractivity contribution in [3.8, 4) is 0 Å². The minimum Gasteiger partial charge on any atom is -0.396 e. The summed E-state index contributed by atoms with van der Waals surface area (Å²) in [6.45, 7) is 7.12. The monoisotopic (exact) mass is 209 g/mol. The molecule has 2 N–H and O–H groups in total. The summed E-state index contributed by atoms with van der Waals surface area (Å²) >= 11 is 0. The molecule has 1 aromatic heterocycles. The first-order valence-corrected chi connectivity index (χ1v) is 5.18. The molecule has 0 spiro atoms. The summed E-state index contributed by atoms with van der Waals surface area (Å²) < 4.78 is 0. The Morgan fingerprint density at radius 2 is 2.20 bits per heavy atom. The van der Waals surface area contributed by atoms with Crippen molar-refractivity contribution in [1.29, 1.82) is 0 Å². The van der Waals surface area contributed by atoms with E-state index in [1.54, 1.807) is 6.20 Å². The van der Waals surface area contributed by atoms with E-state index in [1.807, 2.05) is 13.0 Å². The standard InChI is InChI=1S/C11H19N3O/c1-9-4-6-12-10(14-9)13-8-11(2,3)5-7-15/h4,6,15H,5,7-8H2,1-3H3,(H,12,13,14). The van der Waals surface area contributed by atoms with E-state index in [9.17, 15) is 0 Å². The molecule has 0 aliphatic rings. The first-order chi connectivity index (χ1) is 7.03. The Bertz CT molecular complexity index is 312. The normalized spacial score (nSPS) is 11.5. The molecule has 0 saturated heterocycles. The van der Waals surface area contributed by atoms with E-state index in [0.717, 1.165) is 18.7 Å². The van der Waals surface area contributed by atoms with E-state index in [0.29, 0.717) is 5.95 Å². The lowest BCUT2D eigenvalue weighted by Gasteiger charge is -2.23. The molecule has 0 fully saturated rings. The van der Waals surface area contributed by atoms with Gasteiger partial charge in [-0.05, 0) is 24.8 Å². The summed E-state index contributed by atoms with van der Waals surface area (Å²) in [5, 5.41) is 12.1. The highest BCUT2D eigenvalue weighted by atomic mass is 16.3. The molecule has 0 aliphatic heterocycles. The van der Waals surface area contributed by atoms with Crippen molar-refractivity contribution in [2.24, 2.45) is 5.41 Å². The number of nitrogens with zero attached hydrogens (tertiary/aromatic N) is 2. The van der Waals surface area contributed by atoms with E-state index in [2.05, 4.69) is 29.1 Å². The summed E-state index contributed by atoms with van der Waals surface area (Å²) in [5.41, 5.74) is 1.01. The summed E-state index contributed by atoms with van der Waals surface area (Å²) in [6, 6.07) is 1.87. The Kier molecular flexibility index (Phi) is 4.03. The molecule has 0 aliphatic carbocycles. The van der Waals surface area contributed by atoms with Crippen LogP contribution in [0.1, 0.15) is 26.0 Å². The van der Waals surface area contributed by atoms with E-state index in [4.69, 9.17) is 5.11 Å². The quantitative estimate of drug-likeness (QED) is 0.773. The van der Waals surface area contributed by atoms with Crippen molar-refractivity contribution in [2.45, 2.75) is 27.2 Å². The van der Waals surface area contributed by atoms with Crippen molar-refractivity contribution in [3.05, 3.63) is 18.0 Å². The average molecular weight is 209 g/mol. The number of hydrogen-bond acceptors (Lipinski definition) is 4. The molecule has 0 atom stereocenters.